The van der Waals surface area contributed by atoms with Crippen LogP contribution in [0.2, 0.25) is 0 Å². The third-order valence-corrected chi connectivity index (χ3v) is 8.85. The fourth-order valence-electron chi connectivity index (χ4n) is 5.73. The van der Waals surface area contributed by atoms with Crippen LogP contribution in [0, 0.1) is 0 Å². The number of esters is 2. The Morgan fingerprint density at radius 3 is 1.09 bits per heavy atom. The van der Waals surface area contributed by atoms with Crippen molar-refractivity contribution in [2.45, 2.75) is 206 Å². The quantitative estimate of drug-likeness (QED) is 0.0223. The van der Waals surface area contributed by atoms with Gasteiger partial charge in [-0.1, -0.05) is 141 Å². The topological polar surface area (TPSA) is 52.6 Å². The van der Waals surface area contributed by atoms with Gasteiger partial charge in [-0.25, -0.2) is 0 Å². The van der Waals surface area contributed by atoms with Crippen LogP contribution in [0.5, 0.6) is 0 Å². The Bertz CT molecular complexity index is 700. The van der Waals surface area contributed by atoms with E-state index in [1.165, 1.54) is 116 Å². The lowest BCUT2D eigenvalue weighted by Crippen LogP contribution is -2.38. The molecule has 5 heteroatoms. The van der Waals surface area contributed by atoms with Crippen LogP contribution < -0.4 is 0 Å². The van der Waals surface area contributed by atoms with Gasteiger partial charge >= 0.3 is 11.9 Å². The number of carbonyl (C=O) groups excluding carboxylic acids is 2. The number of rotatable bonds is 35. The van der Waals surface area contributed by atoms with E-state index in [2.05, 4.69) is 59.3 Å². The highest BCUT2D eigenvalue weighted by molar-refractivity contribution is 5.71. The molecule has 0 rings (SSSR count). The molecule has 0 aromatic carbocycles. The molecular formula is C42H80NO4+. The number of hydrogen-bond donors (Lipinski definition) is 0. The molecule has 0 aliphatic rings. The summed E-state index contributed by atoms with van der Waals surface area (Å²) in [6, 6.07) is 0. The molecule has 276 valence electrons. The standard InChI is InChI=1S/C42H80NO4/c1-6-8-10-12-14-16-18-20-22-24-26-28-30-32-34-36-40(44)46-42(38-39-43(3,4)5)47-41(45)37-35-33-31-29-27-25-23-21-19-17-15-13-11-9-7-2/h20-23,42H,6-19,24-39H2,1-5H3/q+1/b22-20-,23-21?. The van der Waals surface area contributed by atoms with Crippen molar-refractivity contribution in [3.63, 3.8) is 0 Å². The molecule has 0 N–H and O–H groups in total. The molecule has 0 aliphatic carbocycles. The molecule has 0 aromatic heterocycles. The van der Waals surface area contributed by atoms with Crippen LogP contribution in [-0.2, 0) is 19.1 Å². The van der Waals surface area contributed by atoms with Crippen molar-refractivity contribution in [2.24, 2.45) is 0 Å². The van der Waals surface area contributed by atoms with Gasteiger partial charge in [0.15, 0.2) is 0 Å². The molecule has 0 bridgehead atoms. The van der Waals surface area contributed by atoms with Crippen LogP contribution in [0.3, 0.4) is 0 Å². The highest BCUT2D eigenvalue weighted by Gasteiger charge is 2.22. The first-order valence-corrected chi connectivity index (χ1v) is 20.3. The number of unbranched alkanes of at least 4 members (excludes halogenated alkanes) is 22. The van der Waals surface area contributed by atoms with Gasteiger partial charge in [0.25, 0.3) is 6.29 Å². The van der Waals surface area contributed by atoms with Gasteiger partial charge in [0.05, 0.1) is 34.1 Å². The van der Waals surface area contributed by atoms with Crippen molar-refractivity contribution in [1.82, 2.24) is 0 Å². The molecule has 5 nitrogen and oxygen atoms in total. The van der Waals surface area contributed by atoms with Gasteiger partial charge in [-0.05, 0) is 64.2 Å². The summed E-state index contributed by atoms with van der Waals surface area (Å²) in [6.45, 7) is 5.30. The average molecular weight is 663 g/mol. The number of quaternary nitrogens is 1. The second kappa shape index (κ2) is 34.3. The van der Waals surface area contributed by atoms with Crippen LogP contribution in [-0.4, -0.2) is 50.4 Å². The number of ether oxygens (including phenoxy) is 2. The van der Waals surface area contributed by atoms with E-state index in [1.54, 1.807) is 0 Å². The van der Waals surface area contributed by atoms with Crippen LogP contribution in [0.25, 0.3) is 0 Å². The van der Waals surface area contributed by atoms with Gasteiger partial charge < -0.3 is 14.0 Å². The lowest BCUT2D eigenvalue weighted by atomic mass is 10.1. The summed E-state index contributed by atoms with van der Waals surface area (Å²) in [7, 11) is 6.28. The molecule has 0 aromatic rings. The smallest absolute Gasteiger partial charge is 0.308 e. The molecule has 0 aliphatic heterocycles. The van der Waals surface area contributed by atoms with E-state index in [0.717, 1.165) is 62.4 Å². The lowest BCUT2D eigenvalue weighted by Gasteiger charge is -2.26. The minimum Gasteiger partial charge on any atom is -0.425 e. The molecule has 1 atom stereocenters. The minimum absolute atomic E-state index is 0.247. The summed E-state index contributed by atoms with van der Waals surface area (Å²) in [4.78, 5) is 25.1. The molecular weight excluding hydrogens is 582 g/mol. The Morgan fingerprint density at radius 2 is 0.766 bits per heavy atom. The molecule has 0 heterocycles. The van der Waals surface area contributed by atoms with Crippen LogP contribution in [0.1, 0.15) is 200 Å². The van der Waals surface area contributed by atoms with Gasteiger partial charge in [0.2, 0.25) is 0 Å². The molecule has 0 fully saturated rings. The van der Waals surface area contributed by atoms with Crippen LogP contribution in [0.4, 0.5) is 0 Å². The summed E-state index contributed by atoms with van der Waals surface area (Å²) in [5.41, 5.74) is 0. The largest absolute Gasteiger partial charge is 0.425 e. The van der Waals surface area contributed by atoms with Crippen LogP contribution in [0.15, 0.2) is 24.3 Å². The third kappa shape index (κ3) is 37.1. The van der Waals surface area contributed by atoms with E-state index in [0.29, 0.717) is 19.3 Å². The maximum absolute atomic E-state index is 12.6. The highest BCUT2D eigenvalue weighted by Crippen LogP contribution is 2.15. The number of hydrogen-bond acceptors (Lipinski definition) is 4. The van der Waals surface area contributed by atoms with E-state index in [9.17, 15) is 9.59 Å². The normalized spacial score (nSPS) is 12.7. The molecule has 47 heavy (non-hydrogen) atoms. The SMILES string of the molecule is CCCCCCCCC=CCCCCCCCC(=O)OC(CC[N+](C)(C)C)OC(=O)CCCCCCC/C=C\CCCCCCCC. The van der Waals surface area contributed by atoms with Crippen molar-refractivity contribution >= 4 is 11.9 Å². The second-order valence-electron chi connectivity index (χ2n) is 14.9. The van der Waals surface area contributed by atoms with E-state index in [4.69, 9.17) is 9.47 Å². The third-order valence-electron chi connectivity index (χ3n) is 8.85. The number of nitrogens with zero attached hydrogens (tertiary/aromatic N) is 1. The van der Waals surface area contributed by atoms with Crippen LogP contribution >= 0.6 is 0 Å². The first kappa shape index (κ1) is 45.4. The Morgan fingerprint density at radius 1 is 0.468 bits per heavy atom. The van der Waals surface area contributed by atoms with Gasteiger partial charge in [0.1, 0.15) is 0 Å². The van der Waals surface area contributed by atoms with Crippen molar-refractivity contribution in [1.29, 1.82) is 0 Å². The minimum atomic E-state index is -0.779. The monoisotopic (exact) mass is 663 g/mol. The number of allylic oxidation sites excluding steroid dienone is 4. The summed E-state index contributed by atoms with van der Waals surface area (Å²) in [6.07, 6.45) is 41.9. The lowest BCUT2D eigenvalue weighted by molar-refractivity contribution is -0.871. The first-order valence-electron chi connectivity index (χ1n) is 20.3. The zero-order chi connectivity index (χ0) is 34.7. The Labute approximate surface area is 293 Å². The van der Waals surface area contributed by atoms with Gasteiger partial charge in [-0.3, -0.25) is 9.59 Å². The Balaban J connectivity index is 3.99. The van der Waals surface area contributed by atoms with Crippen molar-refractivity contribution in [3.8, 4) is 0 Å². The van der Waals surface area contributed by atoms with Crippen molar-refractivity contribution in [2.75, 3.05) is 27.7 Å². The molecule has 0 spiro atoms. The van der Waals surface area contributed by atoms with Gasteiger partial charge in [-0.15, -0.1) is 0 Å². The predicted octanol–water partition coefficient (Wildman–Crippen LogP) is 12.6. The maximum Gasteiger partial charge on any atom is 0.308 e. The van der Waals surface area contributed by atoms with E-state index in [1.807, 2.05) is 0 Å². The summed E-state index contributed by atoms with van der Waals surface area (Å²) in [5.74, 6) is -0.495. The summed E-state index contributed by atoms with van der Waals surface area (Å²) >= 11 is 0. The fraction of sp³-hybridized carbons (Fsp3) is 0.857. The zero-order valence-electron chi connectivity index (χ0n) is 32.2. The molecule has 0 saturated carbocycles. The fourth-order valence-corrected chi connectivity index (χ4v) is 5.73. The van der Waals surface area contributed by atoms with E-state index in [-0.39, 0.29) is 11.9 Å². The molecule has 0 amide bonds. The Hall–Kier alpha value is -1.62. The second-order valence-corrected chi connectivity index (χ2v) is 14.9. The van der Waals surface area contributed by atoms with Crippen molar-refractivity contribution < 1.29 is 23.5 Å². The average Bonchev–Trinajstić information content (AvgIpc) is 3.03. The number of carbonyl (C=O) groups is 2. The van der Waals surface area contributed by atoms with E-state index >= 15 is 0 Å². The maximum atomic E-state index is 12.6. The Kier molecular flexibility index (Phi) is 33.1. The first-order chi connectivity index (χ1) is 22.8. The summed E-state index contributed by atoms with van der Waals surface area (Å²) < 4.78 is 12.0. The highest BCUT2D eigenvalue weighted by atomic mass is 16.7. The van der Waals surface area contributed by atoms with Gasteiger partial charge in [-0.2, -0.15) is 0 Å². The zero-order valence-corrected chi connectivity index (χ0v) is 32.2. The molecule has 0 saturated heterocycles. The predicted molar refractivity (Wildman–Crippen MR) is 202 cm³/mol. The van der Waals surface area contributed by atoms with Gasteiger partial charge in [0, 0.05) is 12.8 Å². The van der Waals surface area contributed by atoms with E-state index < -0.39 is 6.29 Å². The summed E-state index contributed by atoms with van der Waals surface area (Å²) in [5, 5.41) is 0. The van der Waals surface area contributed by atoms with Crippen molar-refractivity contribution in [3.05, 3.63) is 24.3 Å². The molecule has 1 unspecified atom stereocenters. The molecule has 0 radical (unpaired) electrons.